The third-order valence-corrected chi connectivity index (χ3v) is 5.73. The minimum absolute atomic E-state index is 0.0113. The third kappa shape index (κ3) is 5.85. The number of hydrogen-bond donors (Lipinski definition) is 2. The molecule has 152 valence electrons. The number of methoxy groups -OCH3 is 2. The molecule has 0 saturated heterocycles. The highest BCUT2D eigenvalue weighted by molar-refractivity contribution is 7.89. The first-order valence-electron chi connectivity index (χ1n) is 8.53. The third-order valence-electron chi connectivity index (χ3n) is 4.04. The minimum atomic E-state index is -3.73. The molecule has 0 fully saturated rings. The van der Waals surface area contributed by atoms with Gasteiger partial charge in [0.25, 0.3) is 0 Å². The first-order valence-corrected chi connectivity index (χ1v) is 10.4. The number of carbonyl (C=O) groups is 1. The van der Waals surface area contributed by atoms with Crippen LogP contribution in [0.2, 0.25) is 5.02 Å². The number of carbonyl (C=O) groups excluding carboxylic acids is 1. The maximum Gasteiger partial charge on any atom is 0.240 e. The van der Waals surface area contributed by atoms with Crippen molar-refractivity contribution < 1.29 is 22.7 Å². The first-order chi connectivity index (χ1) is 13.3. The monoisotopic (exact) mass is 426 g/mol. The molecule has 2 N–H and O–H groups in total. The van der Waals surface area contributed by atoms with Crippen LogP contribution in [0.1, 0.15) is 24.9 Å². The standard InChI is InChI=1S/C19H23ClN2O5S/c1-13(17-8-7-15(26-2)12-18(17)27-3)22-19(23)9-10-21-28(24,25)16-6-4-5-14(20)11-16/h4-8,11-13,21H,9-10H2,1-3H3,(H,22,23). The number of nitrogens with one attached hydrogen (secondary N) is 2. The summed E-state index contributed by atoms with van der Waals surface area (Å²) in [5.41, 5.74) is 0.788. The summed E-state index contributed by atoms with van der Waals surface area (Å²) in [6.45, 7) is 1.78. The molecule has 0 aromatic heterocycles. The van der Waals surface area contributed by atoms with Crippen molar-refractivity contribution in [3.63, 3.8) is 0 Å². The van der Waals surface area contributed by atoms with Crippen molar-refractivity contribution in [3.8, 4) is 11.5 Å². The van der Waals surface area contributed by atoms with Gasteiger partial charge in [-0.2, -0.15) is 0 Å². The van der Waals surface area contributed by atoms with E-state index in [0.29, 0.717) is 16.5 Å². The van der Waals surface area contributed by atoms with Gasteiger partial charge in [-0.25, -0.2) is 13.1 Å². The summed E-state index contributed by atoms with van der Waals surface area (Å²) in [4.78, 5) is 12.2. The smallest absolute Gasteiger partial charge is 0.240 e. The Kier molecular flexibility index (Phi) is 7.68. The number of halogens is 1. The lowest BCUT2D eigenvalue weighted by Crippen LogP contribution is -2.32. The average molecular weight is 427 g/mol. The van der Waals surface area contributed by atoms with Crippen molar-refractivity contribution in [1.82, 2.24) is 10.0 Å². The van der Waals surface area contributed by atoms with Crippen molar-refractivity contribution in [2.45, 2.75) is 24.3 Å². The molecule has 1 atom stereocenters. The molecule has 0 saturated carbocycles. The van der Waals surface area contributed by atoms with Crippen LogP contribution in [0.5, 0.6) is 11.5 Å². The highest BCUT2D eigenvalue weighted by atomic mass is 35.5. The predicted octanol–water partition coefficient (Wildman–Crippen LogP) is 2.90. The van der Waals surface area contributed by atoms with Crippen molar-refractivity contribution in [1.29, 1.82) is 0 Å². The summed E-state index contributed by atoms with van der Waals surface area (Å²) >= 11 is 5.82. The maximum atomic E-state index is 12.2. The molecular weight excluding hydrogens is 404 g/mol. The second kappa shape index (κ2) is 9.77. The molecule has 1 unspecified atom stereocenters. The van der Waals surface area contributed by atoms with E-state index in [4.69, 9.17) is 21.1 Å². The molecule has 0 aliphatic heterocycles. The van der Waals surface area contributed by atoms with Gasteiger partial charge in [0, 0.05) is 29.6 Å². The minimum Gasteiger partial charge on any atom is -0.497 e. The van der Waals surface area contributed by atoms with E-state index in [1.165, 1.54) is 19.2 Å². The molecule has 2 rings (SSSR count). The normalized spacial score (nSPS) is 12.3. The Labute approximate surface area is 170 Å². The van der Waals surface area contributed by atoms with Crippen LogP contribution in [0.15, 0.2) is 47.4 Å². The fraction of sp³-hybridized carbons (Fsp3) is 0.316. The van der Waals surface area contributed by atoms with Crippen LogP contribution in [0.3, 0.4) is 0 Å². The van der Waals surface area contributed by atoms with Crippen LogP contribution in [0, 0.1) is 0 Å². The second-order valence-electron chi connectivity index (χ2n) is 6.00. The fourth-order valence-corrected chi connectivity index (χ4v) is 3.92. The fourth-order valence-electron chi connectivity index (χ4n) is 2.58. The van der Waals surface area contributed by atoms with E-state index in [0.717, 1.165) is 5.56 Å². The summed E-state index contributed by atoms with van der Waals surface area (Å²) < 4.78 is 37.3. The maximum absolute atomic E-state index is 12.2. The Bertz CT molecular complexity index is 934. The molecule has 2 aromatic carbocycles. The Hall–Kier alpha value is -2.29. The zero-order valence-electron chi connectivity index (χ0n) is 15.9. The number of benzene rings is 2. The van der Waals surface area contributed by atoms with Gasteiger partial charge < -0.3 is 14.8 Å². The van der Waals surface area contributed by atoms with E-state index in [9.17, 15) is 13.2 Å². The molecule has 1 amide bonds. The topological polar surface area (TPSA) is 93.7 Å². The lowest BCUT2D eigenvalue weighted by Gasteiger charge is -2.18. The lowest BCUT2D eigenvalue weighted by atomic mass is 10.1. The van der Waals surface area contributed by atoms with Gasteiger partial charge in [-0.15, -0.1) is 0 Å². The molecular formula is C19H23ClN2O5S. The quantitative estimate of drug-likeness (QED) is 0.643. The van der Waals surface area contributed by atoms with E-state index >= 15 is 0 Å². The summed E-state index contributed by atoms with van der Waals surface area (Å²) in [5, 5.41) is 3.15. The van der Waals surface area contributed by atoms with Crippen LogP contribution in [0.25, 0.3) is 0 Å². The van der Waals surface area contributed by atoms with Crippen LogP contribution >= 0.6 is 11.6 Å². The molecule has 28 heavy (non-hydrogen) atoms. The summed E-state index contributed by atoms with van der Waals surface area (Å²) in [5.74, 6) is 0.947. The van der Waals surface area contributed by atoms with E-state index in [1.807, 2.05) is 13.0 Å². The SMILES string of the molecule is COc1ccc(C(C)NC(=O)CCNS(=O)(=O)c2cccc(Cl)c2)c(OC)c1. The van der Waals surface area contributed by atoms with Gasteiger partial charge in [-0.1, -0.05) is 17.7 Å². The van der Waals surface area contributed by atoms with Gasteiger partial charge in [-0.05, 0) is 37.3 Å². The Morgan fingerprint density at radius 2 is 1.89 bits per heavy atom. The molecule has 0 aliphatic rings. The Morgan fingerprint density at radius 1 is 1.14 bits per heavy atom. The summed E-state index contributed by atoms with van der Waals surface area (Å²) in [6, 6.07) is 10.9. The highest BCUT2D eigenvalue weighted by Gasteiger charge is 2.17. The molecule has 7 nitrogen and oxygen atoms in total. The molecule has 9 heteroatoms. The second-order valence-corrected chi connectivity index (χ2v) is 8.21. The Morgan fingerprint density at radius 3 is 2.54 bits per heavy atom. The van der Waals surface area contributed by atoms with E-state index in [1.54, 1.807) is 31.4 Å². The molecule has 0 bridgehead atoms. The zero-order valence-corrected chi connectivity index (χ0v) is 17.4. The molecule has 0 spiro atoms. The van der Waals surface area contributed by atoms with E-state index < -0.39 is 10.0 Å². The van der Waals surface area contributed by atoms with E-state index in [-0.39, 0.29) is 29.8 Å². The van der Waals surface area contributed by atoms with Gasteiger partial charge in [0.05, 0.1) is 25.2 Å². The van der Waals surface area contributed by atoms with Crippen LogP contribution in [-0.4, -0.2) is 35.1 Å². The van der Waals surface area contributed by atoms with Crippen LogP contribution < -0.4 is 19.5 Å². The molecule has 0 aliphatic carbocycles. The van der Waals surface area contributed by atoms with Gasteiger partial charge in [0.2, 0.25) is 15.9 Å². The molecule has 2 aromatic rings. The number of hydrogen-bond acceptors (Lipinski definition) is 5. The summed E-state index contributed by atoms with van der Waals surface area (Å²) in [6.07, 6.45) is -0.0113. The lowest BCUT2D eigenvalue weighted by molar-refractivity contribution is -0.121. The van der Waals surface area contributed by atoms with Crippen LogP contribution in [-0.2, 0) is 14.8 Å². The van der Waals surface area contributed by atoms with Crippen molar-refractivity contribution in [2.24, 2.45) is 0 Å². The van der Waals surface area contributed by atoms with Crippen molar-refractivity contribution >= 4 is 27.5 Å². The number of rotatable bonds is 9. The van der Waals surface area contributed by atoms with Gasteiger partial charge in [-0.3, -0.25) is 4.79 Å². The largest absolute Gasteiger partial charge is 0.497 e. The van der Waals surface area contributed by atoms with Gasteiger partial charge in [0.15, 0.2) is 0 Å². The number of ether oxygens (including phenoxy) is 2. The van der Waals surface area contributed by atoms with E-state index in [2.05, 4.69) is 10.0 Å². The number of sulfonamides is 1. The molecule has 0 heterocycles. The number of amides is 1. The Balaban J connectivity index is 1.92. The molecule has 0 radical (unpaired) electrons. The predicted molar refractivity (Wildman–Crippen MR) is 107 cm³/mol. The van der Waals surface area contributed by atoms with Crippen molar-refractivity contribution in [2.75, 3.05) is 20.8 Å². The van der Waals surface area contributed by atoms with Crippen LogP contribution in [0.4, 0.5) is 0 Å². The van der Waals surface area contributed by atoms with Gasteiger partial charge in [0.1, 0.15) is 11.5 Å². The van der Waals surface area contributed by atoms with Crippen molar-refractivity contribution in [3.05, 3.63) is 53.1 Å². The average Bonchev–Trinajstić information content (AvgIpc) is 2.67. The zero-order chi connectivity index (χ0) is 20.7. The highest BCUT2D eigenvalue weighted by Crippen LogP contribution is 2.29. The first kappa shape index (κ1) is 22.0. The van der Waals surface area contributed by atoms with Gasteiger partial charge >= 0.3 is 0 Å². The summed E-state index contributed by atoms with van der Waals surface area (Å²) in [7, 11) is -0.627.